The summed E-state index contributed by atoms with van der Waals surface area (Å²) in [4.78, 5) is 0. The van der Waals surface area contributed by atoms with Gasteiger partial charge in [-0.15, -0.1) is 0 Å². The van der Waals surface area contributed by atoms with Gasteiger partial charge in [0.15, 0.2) is 0 Å². The van der Waals surface area contributed by atoms with E-state index in [0.29, 0.717) is 0 Å². The van der Waals surface area contributed by atoms with E-state index in [4.69, 9.17) is 4.42 Å². The first-order valence-corrected chi connectivity index (χ1v) is 19.5. The highest BCUT2D eigenvalue weighted by Gasteiger charge is 2.40. The monoisotopic (exact) mass is 714 g/mol. The number of hydrogen-bond acceptors (Lipinski definition) is 1. The molecular formula is C55H38O. The minimum absolute atomic E-state index is 0.224. The van der Waals surface area contributed by atoms with Gasteiger partial charge in [0.05, 0.1) is 0 Å². The van der Waals surface area contributed by atoms with Crippen LogP contribution in [0.3, 0.4) is 0 Å². The summed E-state index contributed by atoms with van der Waals surface area (Å²) in [6.45, 7) is 9.36. The van der Waals surface area contributed by atoms with Crippen LogP contribution in [0.2, 0.25) is 0 Å². The molecule has 1 heteroatoms. The van der Waals surface area contributed by atoms with Gasteiger partial charge in [-0.05, 0) is 106 Å². The fourth-order valence-electron chi connectivity index (χ4n) is 9.63. The molecule has 0 fully saturated rings. The van der Waals surface area contributed by atoms with Gasteiger partial charge in [0.1, 0.15) is 11.2 Å². The van der Waals surface area contributed by atoms with Gasteiger partial charge >= 0.3 is 0 Å². The van der Waals surface area contributed by atoms with Crippen LogP contribution in [-0.4, -0.2) is 0 Å². The molecule has 0 N–H and O–H groups in total. The molecule has 1 aromatic heterocycles. The van der Waals surface area contributed by atoms with Gasteiger partial charge < -0.3 is 4.42 Å². The van der Waals surface area contributed by atoms with Gasteiger partial charge in [-0.25, -0.2) is 0 Å². The van der Waals surface area contributed by atoms with Crippen LogP contribution in [0.4, 0.5) is 0 Å². The fourth-order valence-corrected chi connectivity index (χ4v) is 9.63. The number of fused-ring (bicyclic) bond motifs is 12. The highest BCUT2D eigenvalue weighted by atomic mass is 16.3. The number of hydrogen-bond donors (Lipinski definition) is 0. The first-order chi connectivity index (χ1) is 27.5. The Bertz CT molecular complexity index is 3220. The molecule has 1 heterocycles. The van der Waals surface area contributed by atoms with Crippen LogP contribution >= 0.6 is 0 Å². The smallest absolute Gasteiger partial charge is 0.140 e. The number of benzene rings is 9. The Morgan fingerprint density at radius 3 is 1.80 bits per heavy atom. The van der Waals surface area contributed by atoms with Crippen molar-refractivity contribution in [2.75, 3.05) is 0 Å². The van der Waals surface area contributed by atoms with E-state index >= 15 is 0 Å². The lowest BCUT2D eigenvalue weighted by molar-refractivity contribution is 0.620. The van der Waals surface area contributed by atoms with E-state index < -0.39 is 0 Å². The SMILES string of the molecule is C=C(/C=C\c1cccc(-c2ccc3c(c2)-c2c(c4oc5ccccc5c4c4ccccc24)C3(C)C)c1)c1c2ccccc2c(-c2ccccc2)c2ccccc12. The first-order valence-electron chi connectivity index (χ1n) is 19.5. The van der Waals surface area contributed by atoms with Gasteiger partial charge in [0.25, 0.3) is 0 Å². The third-order valence-corrected chi connectivity index (χ3v) is 12.1. The van der Waals surface area contributed by atoms with E-state index in [2.05, 4.69) is 202 Å². The molecule has 0 saturated heterocycles. The Kier molecular flexibility index (Phi) is 7.12. The van der Waals surface area contributed by atoms with Crippen LogP contribution in [0, 0.1) is 0 Å². The Hall–Kier alpha value is -6.96. The van der Waals surface area contributed by atoms with Crippen LogP contribution < -0.4 is 0 Å². The Balaban J connectivity index is 1.01. The molecule has 264 valence electrons. The highest BCUT2D eigenvalue weighted by molar-refractivity contribution is 6.25. The number of furan rings is 1. The minimum Gasteiger partial charge on any atom is -0.456 e. The highest BCUT2D eigenvalue weighted by Crippen LogP contribution is 2.56. The molecule has 0 bridgehead atoms. The number of rotatable bonds is 5. The lowest BCUT2D eigenvalue weighted by Gasteiger charge is -2.22. The van der Waals surface area contributed by atoms with Crippen LogP contribution in [0.15, 0.2) is 187 Å². The quantitative estimate of drug-likeness (QED) is 0.128. The van der Waals surface area contributed by atoms with Gasteiger partial charge in [-0.2, -0.15) is 0 Å². The normalized spacial score (nSPS) is 13.3. The summed E-state index contributed by atoms with van der Waals surface area (Å²) >= 11 is 0. The van der Waals surface area contributed by atoms with Crippen molar-refractivity contribution in [3.63, 3.8) is 0 Å². The summed E-state index contributed by atoms with van der Waals surface area (Å²) in [5, 5.41) is 9.79. The Morgan fingerprint density at radius 2 is 1.09 bits per heavy atom. The summed E-state index contributed by atoms with van der Waals surface area (Å²) in [6.07, 6.45) is 4.39. The zero-order valence-corrected chi connectivity index (χ0v) is 31.4. The van der Waals surface area contributed by atoms with Crippen LogP contribution in [-0.2, 0) is 5.41 Å². The van der Waals surface area contributed by atoms with Crippen molar-refractivity contribution in [2.45, 2.75) is 19.3 Å². The lowest BCUT2D eigenvalue weighted by atomic mass is 9.80. The first kappa shape index (κ1) is 32.5. The number of para-hydroxylation sites is 1. The van der Waals surface area contributed by atoms with Crippen molar-refractivity contribution >= 4 is 65.9 Å². The average Bonchev–Trinajstić information content (AvgIpc) is 3.74. The summed E-state index contributed by atoms with van der Waals surface area (Å²) < 4.78 is 6.74. The molecule has 1 aliphatic rings. The van der Waals surface area contributed by atoms with Crippen molar-refractivity contribution < 1.29 is 4.42 Å². The largest absolute Gasteiger partial charge is 0.456 e. The third kappa shape index (κ3) is 4.74. The number of allylic oxidation sites excluding steroid dienone is 2. The predicted molar refractivity (Wildman–Crippen MR) is 239 cm³/mol. The summed E-state index contributed by atoms with van der Waals surface area (Å²) in [5.74, 6) is 0. The molecule has 1 aliphatic carbocycles. The van der Waals surface area contributed by atoms with Crippen molar-refractivity contribution in [2.24, 2.45) is 0 Å². The minimum atomic E-state index is -0.224. The molecule has 0 unspecified atom stereocenters. The zero-order chi connectivity index (χ0) is 37.5. The second-order valence-corrected chi connectivity index (χ2v) is 15.7. The zero-order valence-electron chi connectivity index (χ0n) is 31.4. The molecule has 11 rings (SSSR count). The molecule has 0 aliphatic heterocycles. The molecule has 0 radical (unpaired) electrons. The van der Waals surface area contributed by atoms with E-state index in [1.807, 2.05) is 0 Å². The maximum absolute atomic E-state index is 6.74. The van der Waals surface area contributed by atoms with Crippen LogP contribution in [0.25, 0.3) is 99.3 Å². The molecule has 9 aromatic carbocycles. The second kappa shape index (κ2) is 12.3. The van der Waals surface area contributed by atoms with Crippen LogP contribution in [0.5, 0.6) is 0 Å². The van der Waals surface area contributed by atoms with E-state index in [-0.39, 0.29) is 5.41 Å². The molecular weight excluding hydrogens is 677 g/mol. The second-order valence-electron chi connectivity index (χ2n) is 15.7. The predicted octanol–water partition coefficient (Wildman–Crippen LogP) is 15.4. The van der Waals surface area contributed by atoms with E-state index in [1.54, 1.807) is 0 Å². The Labute approximate surface area is 326 Å². The molecule has 0 saturated carbocycles. The van der Waals surface area contributed by atoms with Gasteiger partial charge in [0.2, 0.25) is 0 Å². The standard InChI is InChI=1S/C55H38O/c1-34(49-39-20-7-9-22-41(39)50(36-17-5-4-6-18-36)42-23-10-8-21-40(42)49)28-29-35-16-15-19-37(32-35)38-30-31-47-46(33-38)51-43-24-11-12-25-44(43)52-45-26-13-14-27-48(45)56-54(52)53(51)55(47,2)3/h4-33H,1H2,2-3H3/b29-28-. The van der Waals surface area contributed by atoms with Crippen molar-refractivity contribution in [1.82, 2.24) is 0 Å². The molecule has 56 heavy (non-hydrogen) atoms. The van der Waals surface area contributed by atoms with E-state index in [0.717, 1.165) is 22.3 Å². The summed E-state index contributed by atoms with van der Waals surface area (Å²) in [6, 6.07) is 61.4. The van der Waals surface area contributed by atoms with Crippen molar-refractivity contribution in [1.29, 1.82) is 0 Å². The van der Waals surface area contributed by atoms with Gasteiger partial charge in [-0.3, -0.25) is 0 Å². The third-order valence-electron chi connectivity index (χ3n) is 12.1. The van der Waals surface area contributed by atoms with E-state index in [1.165, 1.54) is 93.2 Å². The van der Waals surface area contributed by atoms with Crippen molar-refractivity contribution in [3.05, 3.63) is 205 Å². The molecule has 10 aromatic rings. The van der Waals surface area contributed by atoms with Gasteiger partial charge in [0, 0.05) is 21.8 Å². The Morgan fingerprint density at radius 1 is 0.518 bits per heavy atom. The average molecular weight is 715 g/mol. The molecule has 0 amide bonds. The molecule has 1 nitrogen and oxygen atoms in total. The lowest BCUT2D eigenvalue weighted by Crippen LogP contribution is -2.15. The molecule has 0 atom stereocenters. The fraction of sp³-hybridized carbons (Fsp3) is 0.0545. The topological polar surface area (TPSA) is 13.1 Å². The van der Waals surface area contributed by atoms with Crippen LogP contribution in [0.1, 0.15) is 36.1 Å². The van der Waals surface area contributed by atoms with Crippen molar-refractivity contribution in [3.8, 4) is 33.4 Å². The molecule has 0 spiro atoms. The summed E-state index contributed by atoms with van der Waals surface area (Å²) in [5.41, 5.74) is 15.1. The maximum atomic E-state index is 6.74. The maximum Gasteiger partial charge on any atom is 0.140 e. The summed E-state index contributed by atoms with van der Waals surface area (Å²) in [7, 11) is 0. The van der Waals surface area contributed by atoms with Gasteiger partial charge in [-0.1, -0.05) is 184 Å². The van der Waals surface area contributed by atoms with E-state index in [9.17, 15) is 0 Å².